The monoisotopic (exact) mass is 406 g/mol. The highest BCUT2D eigenvalue weighted by Gasteiger charge is 2.20. The molecule has 1 atom stereocenters. The van der Waals surface area contributed by atoms with Crippen molar-refractivity contribution in [3.8, 4) is 5.75 Å². The van der Waals surface area contributed by atoms with E-state index in [0.29, 0.717) is 0 Å². The van der Waals surface area contributed by atoms with Crippen molar-refractivity contribution in [2.45, 2.75) is 17.9 Å². The van der Waals surface area contributed by atoms with Gasteiger partial charge in [-0.15, -0.1) is 4.83 Å². The number of hydrazine groups is 1. The zero-order chi connectivity index (χ0) is 18.6. The smallest absolute Gasteiger partial charge is 0.275 e. The molecule has 0 aliphatic rings. The van der Waals surface area contributed by atoms with Crippen molar-refractivity contribution in [2.75, 3.05) is 0 Å². The summed E-state index contributed by atoms with van der Waals surface area (Å²) in [5.74, 6) is -1.59. The fourth-order valence-corrected chi connectivity index (χ4v) is 3.32. The Morgan fingerprint density at radius 1 is 1.16 bits per heavy atom. The molecule has 134 valence electrons. The Hall–Kier alpha value is -1.87. The standard InChI is InChI=1S/C15H13Cl2FN2O4S/c1-9(24-14-5-3-2-4-13(14)18)15(21)19-20-25(22,23)12-7-10(16)6-11(17)8-12/h2-9,20H,1H3,(H,19,21)/t9-/m1/s1. The zero-order valence-corrected chi connectivity index (χ0v) is 15.1. The number of benzene rings is 2. The third kappa shape index (κ3) is 5.30. The number of carbonyl (C=O) groups excluding carboxylic acids is 1. The molecule has 0 fully saturated rings. The molecule has 10 heteroatoms. The van der Waals surface area contributed by atoms with Crippen molar-refractivity contribution in [3.05, 3.63) is 58.3 Å². The van der Waals surface area contributed by atoms with Crippen LogP contribution in [0.1, 0.15) is 6.92 Å². The highest BCUT2D eigenvalue weighted by molar-refractivity contribution is 7.89. The van der Waals surface area contributed by atoms with Crippen LogP contribution in [0.4, 0.5) is 4.39 Å². The second-order valence-electron chi connectivity index (χ2n) is 4.89. The molecule has 0 aliphatic heterocycles. The van der Waals surface area contributed by atoms with E-state index < -0.39 is 27.9 Å². The summed E-state index contributed by atoms with van der Waals surface area (Å²) in [6, 6.07) is 9.22. The maximum absolute atomic E-state index is 13.5. The van der Waals surface area contributed by atoms with Crippen LogP contribution in [0.3, 0.4) is 0 Å². The van der Waals surface area contributed by atoms with Gasteiger partial charge in [-0.3, -0.25) is 10.2 Å². The minimum atomic E-state index is -4.10. The number of sulfonamides is 1. The van der Waals surface area contributed by atoms with Crippen LogP contribution >= 0.6 is 23.2 Å². The number of halogens is 3. The van der Waals surface area contributed by atoms with E-state index in [-0.39, 0.29) is 20.7 Å². The van der Waals surface area contributed by atoms with Gasteiger partial charge < -0.3 is 4.74 Å². The van der Waals surface area contributed by atoms with Gasteiger partial charge in [0, 0.05) is 10.0 Å². The van der Waals surface area contributed by atoms with E-state index in [1.165, 1.54) is 49.4 Å². The molecule has 0 spiro atoms. The highest BCUT2D eigenvalue weighted by Crippen LogP contribution is 2.22. The quantitative estimate of drug-likeness (QED) is 0.722. The first-order chi connectivity index (χ1) is 11.7. The van der Waals surface area contributed by atoms with Gasteiger partial charge in [-0.1, -0.05) is 35.3 Å². The summed E-state index contributed by atoms with van der Waals surface area (Å²) in [5, 5.41) is 0.242. The van der Waals surface area contributed by atoms with Gasteiger partial charge in [0.2, 0.25) is 0 Å². The van der Waals surface area contributed by atoms with Crippen molar-refractivity contribution in [1.29, 1.82) is 0 Å². The zero-order valence-electron chi connectivity index (χ0n) is 12.8. The molecule has 2 aromatic rings. The van der Waals surface area contributed by atoms with Gasteiger partial charge in [0.1, 0.15) is 0 Å². The summed E-state index contributed by atoms with van der Waals surface area (Å²) in [6.07, 6.45) is -1.15. The fourth-order valence-electron chi connectivity index (χ4n) is 1.75. The average molecular weight is 407 g/mol. The average Bonchev–Trinajstić information content (AvgIpc) is 2.54. The van der Waals surface area contributed by atoms with Gasteiger partial charge in [0.25, 0.3) is 15.9 Å². The Balaban J connectivity index is 2.02. The normalized spacial score (nSPS) is 12.5. The first-order valence-electron chi connectivity index (χ1n) is 6.88. The minimum absolute atomic E-state index is 0.121. The van der Waals surface area contributed by atoms with Gasteiger partial charge in [0.05, 0.1) is 4.90 Å². The Kier molecular flexibility index (Phi) is 6.23. The summed E-state index contributed by atoms with van der Waals surface area (Å²) >= 11 is 11.5. The molecule has 0 saturated heterocycles. The summed E-state index contributed by atoms with van der Waals surface area (Å²) < 4.78 is 42.9. The number of ether oxygens (including phenoxy) is 1. The van der Waals surface area contributed by atoms with Crippen molar-refractivity contribution >= 4 is 39.1 Å². The van der Waals surface area contributed by atoms with Gasteiger partial charge in [-0.25, -0.2) is 12.8 Å². The van der Waals surface area contributed by atoms with E-state index in [9.17, 15) is 17.6 Å². The van der Waals surface area contributed by atoms with E-state index >= 15 is 0 Å². The topological polar surface area (TPSA) is 84.5 Å². The second-order valence-corrected chi connectivity index (χ2v) is 7.45. The van der Waals surface area contributed by atoms with Gasteiger partial charge in [-0.05, 0) is 37.3 Å². The van der Waals surface area contributed by atoms with Crippen molar-refractivity contribution in [3.63, 3.8) is 0 Å². The third-order valence-corrected chi connectivity index (χ3v) is 4.63. The van der Waals surface area contributed by atoms with Crippen LogP contribution in [0.5, 0.6) is 5.75 Å². The molecule has 0 unspecified atom stereocenters. The molecule has 0 aliphatic carbocycles. The summed E-state index contributed by atoms with van der Waals surface area (Å²) in [7, 11) is -4.10. The Morgan fingerprint density at radius 3 is 2.36 bits per heavy atom. The summed E-state index contributed by atoms with van der Waals surface area (Å²) in [4.78, 5) is 13.6. The molecule has 25 heavy (non-hydrogen) atoms. The van der Waals surface area contributed by atoms with E-state index in [1.54, 1.807) is 0 Å². The van der Waals surface area contributed by atoms with Crippen LogP contribution in [-0.2, 0) is 14.8 Å². The van der Waals surface area contributed by atoms with E-state index in [4.69, 9.17) is 27.9 Å². The lowest BCUT2D eigenvalue weighted by molar-refractivity contribution is -0.127. The lowest BCUT2D eigenvalue weighted by Crippen LogP contribution is -2.47. The molecule has 0 heterocycles. The lowest BCUT2D eigenvalue weighted by atomic mass is 10.3. The van der Waals surface area contributed by atoms with Gasteiger partial charge in [-0.2, -0.15) is 0 Å². The van der Waals surface area contributed by atoms with Crippen LogP contribution < -0.4 is 15.0 Å². The second kappa shape index (κ2) is 8.01. The Bertz CT molecular complexity index is 873. The van der Waals surface area contributed by atoms with Crippen LogP contribution in [0.25, 0.3) is 0 Å². The predicted molar refractivity (Wildman–Crippen MR) is 91.4 cm³/mol. The molecule has 0 saturated carbocycles. The van der Waals surface area contributed by atoms with E-state index in [2.05, 4.69) is 0 Å². The molecule has 2 N–H and O–H groups in total. The predicted octanol–water partition coefficient (Wildman–Crippen LogP) is 2.91. The number of hydrogen-bond acceptors (Lipinski definition) is 4. The van der Waals surface area contributed by atoms with Crippen LogP contribution in [0, 0.1) is 5.82 Å². The Labute approximate surface area is 153 Å². The van der Waals surface area contributed by atoms with Crippen molar-refractivity contribution < 1.29 is 22.3 Å². The highest BCUT2D eigenvalue weighted by atomic mass is 35.5. The first kappa shape index (κ1) is 19.5. The molecular formula is C15H13Cl2FN2O4S. The maximum Gasteiger partial charge on any atom is 0.275 e. The molecule has 0 bridgehead atoms. The fraction of sp³-hybridized carbons (Fsp3) is 0.133. The molecule has 2 aromatic carbocycles. The van der Waals surface area contributed by atoms with Crippen LogP contribution in [-0.4, -0.2) is 20.4 Å². The van der Waals surface area contributed by atoms with Crippen molar-refractivity contribution in [2.24, 2.45) is 0 Å². The number of amides is 1. The minimum Gasteiger partial charge on any atom is -0.478 e. The maximum atomic E-state index is 13.5. The first-order valence-corrected chi connectivity index (χ1v) is 9.12. The third-order valence-electron chi connectivity index (χ3n) is 2.96. The van der Waals surface area contributed by atoms with E-state index in [0.717, 1.165) is 0 Å². The molecular weight excluding hydrogens is 394 g/mol. The largest absolute Gasteiger partial charge is 0.478 e. The molecule has 1 amide bonds. The summed E-state index contributed by atoms with van der Waals surface area (Å²) in [5.41, 5.74) is 1.99. The molecule has 2 rings (SSSR count). The number of rotatable bonds is 6. The SMILES string of the molecule is C[C@@H](Oc1ccccc1F)C(=O)NNS(=O)(=O)c1cc(Cl)cc(Cl)c1. The summed E-state index contributed by atoms with van der Waals surface area (Å²) in [6.45, 7) is 1.34. The number of para-hydroxylation sites is 1. The van der Waals surface area contributed by atoms with Gasteiger partial charge >= 0.3 is 0 Å². The Morgan fingerprint density at radius 2 is 1.76 bits per heavy atom. The lowest BCUT2D eigenvalue weighted by Gasteiger charge is -2.15. The van der Waals surface area contributed by atoms with Crippen LogP contribution in [0.15, 0.2) is 47.4 Å². The van der Waals surface area contributed by atoms with E-state index in [1.807, 2.05) is 10.3 Å². The number of hydrogen-bond donors (Lipinski definition) is 2. The molecule has 0 radical (unpaired) electrons. The van der Waals surface area contributed by atoms with Gasteiger partial charge in [0.15, 0.2) is 17.7 Å². The number of nitrogens with one attached hydrogen (secondary N) is 2. The van der Waals surface area contributed by atoms with Crippen LogP contribution in [0.2, 0.25) is 10.0 Å². The molecule has 0 aromatic heterocycles. The molecule has 6 nitrogen and oxygen atoms in total. The van der Waals surface area contributed by atoms with Crippen molar-refractivity contribution in [1.82, 2.24) is 10.3 Å². The number of carbonyl (C=O) groups is 1.